The zero-order valence-corrected chi connectivity index (χ0v) is 18.1. The van der Waals surface area contributed by atoms with Gasteiger partial charge in [-0.25, -0.2) is 14.4 Å². The first-order chi connectivity index (χ1) is 15.6. The van der Waals surface area contributed by atoms with Crippen molar-refractivity contribution in [1.82, 2.24) is 15.0 Å². The SMILES string of the molecule is Fc1ccc(Nc2nc(-c3cccnc3)nc3ccc(-c4ccccc4Cl)cc23)cc1Cl. The number of aromatic nitrogens is 3. The van der Waals surface area contributed by atoms with Crippen molar-refractivity contribution < 1.29 is 4.39 Å². The van der Waals surface area contributed by atoms with Gasteiger partial charge in [-0.05, 0) is 54.1 Å². The first kappa shape index (κ1) is 20.4. The Morgan fingerprint density at radius 3 is 2.44 bits per heavy atom. The molecule has 0 aliphatic rings. The Labute approximate surface area is 193 Å². The van der Waals surface area contributed by atoms with Gasteiger partial charge in [-0.15, -0.1) is 0 Å². The molecule has 0 saturated heterocycles. The number of benzene rings is 3. The highest BCUT2D eigenvalue weighted by atomic mass is 35.5. The quantitative estimate of drug-likeness (QED) is 0.300. The molecule has 0 bridgehead atoms. The second-order valence-electron chi connectivity index (χ2n) is 7.10. The lowest BCUT2D eigenvalue weighted by molar-refractivity contribution is 0.628. The Kier molecular flexibility index (Phi) is 5.43. The molecule has 32 heavy (non-hydrogen) atoms. The molecule has 0 aliphatic carbocycles. The maximum absolute atomic E-state index is 13.6. The molecule has 0 atom stereocenters. The molecule has 4 nitrogen and oxygen atoms in total. The Morgan fingerprint density at radius 1 is 0.781 bits per heavy atom. The van der Waals surface area contributed by atoms with Crippen LogP contribution in [0.25, 0.3) is 33.4 Å². The monoisotopic (exact) mass is 460 g/mol. The van der Waals surface area contributed by atoms with Crippen LogP contribution in [0.5, 0.6) is 0 Å². The van der Waals surface area contributed by atoms with E-state index in [4.69, 9.17) is 33.2 Å². The topological polar surface area (TPSA) is 50.7 Å². The fraction of sp³-hybridized carbons (Fsp3) is 0. The maximum atomic E-state index is 13.6. The number of nitrogens with one attached hydrogen (secondary N) is 1. The van der Waals surface area contributed by atoms with Gasteiger partial charge in [-0.3, -0.25) is 4.98 Å². The second kappa shape index (κ2) is 8.54. The third-order valence-electron chi connectivity index (χ3n) is 4.98. The molecule has 7 heteroatoms. The molecule has 156 valence electrons. The van der Waals surface area contributed by atoms with Crippen LogP contribution in [0.3, 0.4) is 0 Å². The number of fused-ring (bicyclic) bond motifs is 1. The molecule has 2 aromatic heterocycles. The van der Waals surface area contributed by atoms with E-state index in [0.29, 0.717) is 22.4 Å². The van der Waals surface area contributed by atoms with E-state index in [-0.39, 0.29) is 5.02 Å². The van der Waals surface area contributed by atoms with Crippen LogP contribution in [0.4, 0.5) is 15.9 Å². The Balaban J connectivity index is 1.70. The first-order valence-corrected chi connectivity index (χ1v) is 10.5. The second-order valence-corrected chi connectivity index (χ2v) is 7.92. The van der Waals surface area contributed by atoms with Crippen molar-refractivity contribution in [3.05, 3.63) is 101 Å². The lowest BCUT2D eigenvalue weighted by Crippen LogP contribution is -2.00. The molecule has 0 radical (unpaired) electrons. The van der Waals surface area contributed by atoms with Crippen molar-refractivity contribution in [2.24, 2.45) is 0 Å². The number of hydrogen-bond donors (Lipinski definition) is 1. The van der Waals surface area contributed by atoms with Gasteiger partial charge in [0.1, 0.15) is 11.6 Å². The van der Waals surface area contributed by atoms with Gasteiger partial charge in [0, 0.05) is 39.6 Å². The van der Waals surface area contributed by atoms with E-state index >= 15 is 0 Å². The summed E-state index contributed by atoms with van der Waals surface area (Å²) in [5.74, 6) is 0.596. The highest BCUT2D eigenvalue weighted by Crippen LogP contribution is 2.34. The van der Waals surface area contributed by atoms with Crippen LogP contribution >= 0.6 is 23.2 Å². The van der Waals surface area contributed by atoms with Crippen LogP contribution in [0.2, 0.25) is 10.0 Å². The third kappa shape index (κ3) is 4.00. The number of hydrogen-bond acceptors (Lipinski definition) is 4. The Bertz CT molecular complexity index is 1440. The van der Waals surface area contributed by atoms with Gasteiger partial charge in [-0.2, -0.15) is 0 Å². The van der Waals surface area contributed by atoms with Gasteiger partial charge in [-0.1, -0.05) is 47.5 Å². The predicted molar refractivity (Wildman–Crippen MR) is 128 cm³/mol. The molecule has 3 aromatic carbocycles. The molecule has 5 aromatic rings. The fourth-order valence-electron chi connectivity index (χ4n) is 3.42. The minimum atomic E-state index is -0.484. The van der Waals surface area contributed by atoms with Gasteiger partial charge in [0.05, 0.1) is 10.5 Å². The molecule has 0 amide bonds. The first-order valence-electron chi connectivity index (χ1n) is 9.78. The molecular formula is C25H15Cl2FN4. The zero-order valence-electron chi connectivity index (χ0n) is 16.6. The summed E-state index contributed by atoms with van der Waals surface area (Å²) in [6.07, 6.45) is 3.40. The summed E-state index contributed by atoms with van der Waals surface area (Å²) in [7, 11) is 0. The van der Waals surface area contributed by atoms with Gasteiger partial charge in [0.2, 0.25) is 0 Å². The van der Waals surface area contributed by atoms with Gasteiger partial charge in [0.25, 0.3) is 0 Å². The molecule has 0 aliphatic heterocycles. The van der Waals surface area contributed by atoms with Crippen LogP contribution in [0.15, 0.2) is 85.2 Å². The van der Waals surface area contributed by atoms with Gasteiger partial charge in [0.15, 0.2) is 5.82 Å². The Hall–Kier alpha value is -3.54. The summed E-state index contributed by atoms with van der Waals surface area (Å²) in [6, 6.07) is 21.7. The highest BCUT2D eigenvalue weighted by molar-refractivity contribution is 6.33. The largest absolute Gasteiger partial charge is 0.340 e. The number of nitrogens with zero attached hydrogens (tertiary/aromatic N) is 3. The van der Waals surface area contributed by atoms with Crippen LogP contribution in [-0.2, 0) is 0 Å². The van der Waals surface area contributed by atoms with E-state index < -0.39 is 5.82 Å². The standard InChI is InChI=1S/C25H15Cl2FN4/c26-20-6-2-1-5-18(20)15-7-10-23-19(12-15)25(30-17-8-9-22(28)21(27)13-17)32-24(31-23)16-4-3-11-29-14-16/h1-14H,(H,30,31,32). The average Bonchev–Trinajstić information content (AvgIpc) is 2.82. The van der Waals surface area contributed by atoms with E-state index in [1.165, 1.54) is 12.1 Å². The smallest absolute Gasteiger partial charge is 0.163 e. The summed E-state index contributed by atoms with van der Waals surface area (Å²) in [5, 5.41) is 4.73. The maximum Gasteiger partial charge on any atom is 0.163 e. The summed E-state index contributed by atoms with van der Waals surface area (Å²) >= 11 is 12.4. The summed E-state index contributed by atoms with van der Waals surface area (Å²) in [5.41, 5.74) is 3.97. The number of pyridine rings is 1. The number of anilines is 2. The van der Waals surface area contributed by atoms with Crippen LogP contribution < -0.4 is 5.32 Å². The Morgan fingerprint density at radius 2 is 1.66 bits per heavy atom. The third-order valence-corrected chi connectivity index (χ3v) is 5.60. The summed E-state index contributed by atoms with van der Waals surface area (Å²) < 4.78 is 13.6. The molecule has 0 spiro atoms. The van der Waals surface area contributed by atoms with E-state index in [1.807, 2.05) is 54.6 Å². The lowest BCUT2D eigenvalue weighted by Gasteiger charge is -2.13. The number of halogens is 3. The van der Waals surface area contributed by atoms with Crippen LogP contribution in [0.1, 0.15) is 0 Å². The molecule has 0 saturated carbocycles. The molecular weight excluding hydrogens is 446 g/mol. The van der Waals surface area contributed by atoms with E-state index in [2.05, 4.69) is 10.3 Å². The molecule has 5 rings (SSSR count). The highest BCUT2D eigenvalue weighted by Gasteiger charge is 2.13. The zero-order chi connectivity index (χ0) is 22.1. The van der Waals surface area contributed by atoms with Crippen molar-refractivity contribution in [2.75, 3.05) is 5.32 Å². The average molecular weight is 461 g/mol. The minimum absolute atomic E-state index is 0.0256. The minimum Gasteiger partial charge on any atom is -0.340 e. The van der Waals surface area contributed by atoms with Crippen molar-refractivity contribution >= 4 is 45.6 Å². The lowest BCUT2D eigenvalue weighted by atomic mass is 10.0. The van der Waals surface area contributed by atoms with Crippen molar-refractivity contribution in [3.63, 3.8) is 0 Å². The summed E-state index contributed by atoms with van der Waals surface area (Å²) in [4.78, 5) is 13.6. The fourth-order valence-corrected chi connectivity index (χ4v) is 3.85. The van der Waals surface area contributed by atoms with Crippen molar-refractivity contribution in [2.45, 2.75) is 0 Å². The van der Waals surface area contributed by atoms with Crippen molar-refractivity contribution in [3.8, 4) is 22.5 Å². The van der Waals surface area contributed by atoms with E-state index in [1.54, 1.807) is 18.5 Å². The molecule has 1 N–H and O–H groups in total. The van der Waals surface area contributed by atoms with Crippen molar-refractivity contribution in [1.29, 1.82) is 0 Å². The summed E-state index contributed by atoms with van der Waals surface area (Å²) in [6.45, 7) is 0. The van der Waals surface area contributed by atoms with E-state index in [9.17, 15) is 4.39 Å². The van der Waals surface area contributed by atoms with E-state index in [0.717, 1.165) is 27.6 Å². The molecule has 2 heterocycles. The molecule has 0 fully saturated rings. The van der Waals surface area contributed by atoms with Crippen LogP contribution in [0, 0.1) is 5.82 Å². The molecule has 0 unspecified atom stereocenters. The van der Waals surface area contributed by atoms with Gasteiger partial charge >= 0.3 is 0 Å². The predicted octanol–water partition coefficient (Wildman–Crippen LogP) is 7.55. The number of rotatable bonds is 4. The normalized spacial score (nSPS) is 11.0. The van der Waals surface area contributed by atoms with Crippen LogP contribution in [-0.4, -0.2) is 15.0 Å². The van der Waals surface area contributed by atoms with Gasteiger partial charge < -0.3 is 5.32 Å².